The molecular weight excluding hydrogens is 263 g/mol. The molecule has 0 N–H and O–H groups in total. The van der Waals surface area contributed by atoms with E-state index in [4.69, 9.17) is 0 Å². The van der Waals surface area contributed by atoms with E-state index < -0.39 is 17.6 Å². The Morgan fingerprint density at radius 3 is 2.37 bits per heavy atom. The molecule has 0 saturated heterocycles. The molecule has 1 aromatic carbocycles. The minimum atomic E-state index is -4.33. The van der Waals surface area contributed by atoms with E-state index in [9.17, 15) is 23.3 Å². The molecule has 0 radical (unpaired) electrons. The SMILES string of the molecule is O=[N+]([O-])c1ccc(-c2ccn(CC(F)(F)F)n2)cc1. The molecule has 19 heavy (non-hydrogen) atoms. The standard InChI is InChI=1S/C11H8F3N3O2/c12-11(13,14)7-16-6-5-10(15-16)8-1-3-9(4-2-8)17(18)19/h1-6H,7H2. The number of hydrogen-bond donors (Lipinski definition) is 0. The van der Waals surface area contributed by atoms with Crippen LogP contribution in [0.25, 0.3) is 11.3 Å². The van der Waals surface area contributed by atoms with Crippen molar-refractivity contribution < 1.29 is 18.1 Å². The first-order chi connectivity index (χ1) is 8.85. The molecule has 0 fully saturated rings. The van der Waals surface area contributed by atoms with Crippen molar-refractivity contribution in [1.29, 1.82) is 0 Å². The third kappa shape index (κ3) is 3.30. The molecule has 2 aromatic rings. The van der Waals surface area contributed by atoms with Crippen molar-refractivity contribution in [2.75, 3.05) is 0 Å². The highest BCUT2D eigenvalue weighted by Crippen LogP contribution is 2.22. The Bertz CT molecular complexity index is 590. The summed E-state index contributed by atoms with van der Waals surface area (Å²) in [4.78, 5) is 9.92. The maximum absolute atomic E-state index is 12.2. The Kier molecular flexibility index (Phi) is 3.24. The molecule has 5 nitrogen and oxygen atoms in total. The van der Waals surface area contributed by atoms with Crippen LogP contribution in [0.3, 0.4) is 0 Å². The van der Waals surface area contributed by atoms with Gasteiger partial charge in [0.15, 0.2) is 0 Å². The Hall–Kier alpha value is -2.38. The molecule has 0 aliphatic heterocycles. The fourth-order valence-corrected chi connectivity index (χ4v) is 1.54. The van der Waals surface area contributed by atoms with E-state index >= 15 is 0 Å². The second-order valence-corrected chi connectivity index (χ2v) is 3.82. The van der Waals surface area contributed by atoms with Gasteiger partial charge < -0.3 is 0 Å². The first-order valence-corrected chi connectivity index (χ1v) is 5.20. The van der Waals surface area contributed by atoms with Gasteiger partial charge in [-0.25, -0.2) is 0 Å². The van der Waals surface area contributed by atoms with E-state index in [0.717, 1.165) is 4.68 Å². The van der Waals surface area contributed by atoms with Crippen LogP contribution in [0.1, 0.15) is 0 Å². The van der Waals surface area contributed by atoms with Crippen LogP contribution in [0, 0.1) is 10.1 Å². The summed E-state index contributed by atoms with van der Waals surface area (Å²) in [5.74, 6) is 0. The van der Waals surface area contributed by atoms with Gasteiger partial charge in [0.2, 0.25) is 0 Å². The molecule has 1 aromatic heterocycles. The van der Waals surface area contributed by atoms with Gasteiger partial charge in [-0.2, -0.15) is 18.3 Å². The summed E-state index contributed by atoms with van der Waals surface area (Å²) in [6.45, 7) is -1.17. The highest BCUT2D eigenvalue weighted by Gasteiger charge is 2.28. The van der Waals surface area contributed by atoms with Crippen molar-refractivity contribution in [2.24, 2.45) is 0 Å². The summed E-state index contributed by atoms with van der Waals surface area (Å²) in [6.07, 6.45) is -3.12. The van der Waals surface area contributed by atoms with E-state index in [1.165, 1.54) is 36.5 Å². The predicted molar refractivity (Wildman–Crippen MR) is 60.4 cm³/mol. The number of aromatic nitrogens is 2. The lowest BCUT2D eigenvalue weighted by Crippen LogP contribution is -2.17. The molecule has 1 heterocycles. The summed E-state index contributed by atoms with van der Waals surface area (Å²) in [6, 6.07) is 6.86. The first kappa shape index (κ1) is 13.1. The average Bonchev–Trinajstić information content (AvgIpc) is 2.75. The van der Waals surface area contributed by atoms with Crippen molar-refractivity contribution in [1.82, 2.24) is 9.78 Å². The van der Waals surface area contributed by atoms with Gasteiger partial charge in [-0.1, -0.05) is 0 Å². The molecule has 0 aliphatic carbocycles. The monoisotopic (exact) mass is 271 g/mol. The molecule has 0 bridgehead atoms. The van der Waals surface area contributed by atoms with Crippen LogP contribution in [0.15, 0.2) is 36.5 Å². The van der Waals surface area contributed by atoms with E-state index in [2.05, 4.69) is 5.10 Å². The second kappa shape index (κ2) is 4.71. The number of non-ortho nitro benzene ring substituents is 1. The Balaban J connectivity index is 2.20. The number of alkyl halides is 3. The molecule has 2 rings (SSSR count). The number of benzene rings is 1. The minimum Gasteiger partial charge on any atom is -0.263 e. The van der Waals surface area contributed by atoms with Crippen LogP contribution < -0.4 is 0 Å². The lowest BCUT2D eigenvalue weighted by atomic mass is 10.1. The number of nitro groups is 1. The van der Waals surface area contributed by atoms with Gasteiger partial charge in [0, 0.05) is 23.9 Å². The number of rotatable bonds is 3. The Morgan fingerprint density at radius 2 is 1.84 bits per heavy atom. The zero-order chi connectivity index (χ0) is 14.0. The van der Waals surface area contributed by atoms with Crippen LogP contribution in [0.5, 0.6) is 0 Å². The topological polar surface area (TPSA) is 61.0 Å². The summed E-state index contributed by atoms with van der Waals surface area (Å²) in [5.41, 5.74) is 0.768. The van der Waals surface area contributed by atoms with Crippen LogP contribution in [0.4, 0.5) is 18.9 Å². The smallest absolute Gasteiger partial charge is 0.263 e. The zero-order valence-electron chi connectivity index (χ0n) is 9.46. The maximum atomic E-state index is 12.2. The van der Waals surface area contributed by atoms with Gasteiger partial charge in [-0.15, -0.1) is 0 Å². The fraction of sp³-hybridized carbons (Fsp3) is 0.182. The number of nitro benzene ring substituents is 1. The number of halogens is 3. The van der Waals surface area contributed by atoms with Gasteiger partial charge in [0.25, 0.3) is 5.69 Å². The predicted octanol–water partition coefficient (Wildman–Crippen LogP) is 3.02. The first-order valence-electron chi connectivity index (χ1n) is 5.20. The Morgan fingerprint density at radius 1 is 1.21 bits per heavy atom. The highest BCUT2D eigenvalue weighted by atomic mass is 19.4. The Labute approximate surface area is 105 Å². The highest BCUT2D eigenvalue weighted by molar-refractivity contribution is 5.60. The fourth-order valence-electron chi connectivity index (χ4n) is 1.54. The van der Waals surface area contributed by atoms with E-state index in [-0.39, 0.29) is 5.69 Å². The molecule has 0 unspecified atom stereocenters. The lowest BCUT2D eigenvalue weighted by molar-refractivity contribution is -0.384. The zero-order valence-corrected chi connectivity index (χ0v) is 9.46. The average molecular weight is 271 g/mol. The third-order valence-electron chi connectivity index (χ3n) is 2.36. The van der Waals surface area contributed by atoms with E-state index in [1.54, 1.807) is 0 Å². The van der Waals surface area contributed by atoms with Crippen LogP contribution in [-0.4, -0.2) is 20.9 Å². The molecule has 0 amide bonds. The van der Waals surface area contributed by atoms with Gasteiger partial charge in [-0.05, 0) is 18.2 Å². The van der Waals surface area contributed by atoms with E-state index in [0.29, 0.717) is 11.3 Å². The van der Waals surface area contributed by atoms with Crippen LogP contribution >= 0.6 is 0 Å². The van der Waals surface area contributed by atoms with Crippen molar-refractivity contribution in [3.8, 4) is 11.3 Å². The molecule has 8 heteroatoms. The third-order valence-corrected chi connectivity index (χ3v) is 2.36. The number of hydrogen-bond acceptors (Lipinski definition) is 3. The molecular formula is C11H8F3N3O2. The van der Waals surface area contributed by atoms with Crippen molar-refractivity contribution in [2.45, 2.75) is 12.7 Å². The van der Waals surface area contributed by atoms with Gasteiger partial charge in [0.1, 0.15) is 6.54 Å². The number of nitrogens with zero attached hydrogens (tertiary/aromatic N) is 3. The summed E-state index contributed by atoms with van der Waals surface area (Å²) in [7, 11) is 0. The summed E-state index contributed by atoms with van der Waals surface area (Å²) in [5, 5.41) is 14.2. The van der Waals surface area contributed by atoms with Crippen molar-refractivity contribution in [3.05, 3.63) is 46.6 Å². The molecule has 0 saturated carbocycles. The second-order valence-electron chi connectivity index (χ2n) is 3.82. The van der Waals surface area contributed by atoms with Crippen molar-refractivity contribution in [3.63, 3.8) is 0 Å². The van der Waals surface area contributed by atoms with Gasteiger partial charge in [-0.3, -0.25) is 14.8 Å². The van der Waals surface area contributed by atoms with Crippen molar-refractivity contribution >= 4 is 5.69 Å². The quantitative estimate of drug-likeness (QED) is 0.636. The minimum absolute atomic E-state index is 0.0847. The van der Waals surface area contributed by atoms with Gasteiger partial charge >= 0.3 is 6.18 Å². The van der Waals surface area contributed by atoms with E-state index in [1.807, 2.05) is 0 Å². The van der Waals surface area contributed by atoms with Crippen LogP contribution in [0.2, 0.25) is 0 Å². The molecule has 0 spiro atoms. The largest absolute Gasteiger partial charge is 0.408 e. The normalized spacial score (nSPS) is 11.5. The molecule has 100 valence electrons. The lowest BCUT2D eigenvalue weighted by Gasteiger charge is -2.05. The van der Waals surface area contributed by atoms with Gasteiger partial charge in [0.05, 0.1) is 10.6 Å². The maximum Gasteiger partial charge on any atom is 0.408 e. The summed E-state index contributed by atoms with van der Waals surface area (Å²) < 4.78 is 37.3. The molecule has 0 aliphatic rings. The molecule has 0 atom stereocenters. The van der Waals surface area contributed by atoms with Crippen LogP contribution in [-0.2, 0) is 6.54 Å². The summed E-state index contributed by atoms with van der Waals surface area (Å²) >= 11 is 0.